The van der Waals surface area contributed by atoms with Crippen LogP contribution in [0, 0.1) is 5.92 Å². The molecule has 2 atom stereocenters. The Kier molecular flexibility index (Phi) is 3.29. The highest BCUT2D eigenvalue weighted by Gasteiger charge is 2.35. The second-order valence-electron chi connectivity index (χ2n) is 5.54. The van der Waals surface area contributed by atoms with Crippen LogP contribution in [-0.2, 0) is 13.0 Å². The lowest BCUT2D eigenvalue weighted by molar-refractivity contribution is 0.340. The summed E-state index contributed by atoms with van der Waals surface area (Å²) in [4.78, 5) is 7.28. The fourth-order valence-electron chi connectivity index (χ4n) is 3.32. The Balaban J connectivity index is 1.80. The van der Waals surface area contributed by atoms with Gasteiger partial charge in [0, 0.05) is 31.9 Å². The molecule has 0 bridgehead atoms. The van der Waals surface area contributed by atoms with Crippen LogP contribution in [-0.4, -0.2) is 35.2 Å². The van der Waals surface area contributed by atoms with Gasteiger partial charge in [0.25, 0.3) is 0 Å². The molecule has 0 spiro atoms. The highest BCUT2D eigenvalue weighted by molar-refractivity contribution is 5.36. The van der Waals surface area contributed by atoms with Gasteiger partial charge in [-0.1, -0.05) is 6.92 Å². The molecule has 0 aromatic carbocycles. The monoisotopic (exact) mass is 248 g/mol. The average Bonchev–Trinajstić information content (AvgIpc) is 3.01. The van der Waals surface area contributed by atoms with Gasteiger partial charge in [-0.05, 0) is 38.6 Å². The van der Waals surface area contributed by atoms with Crippen LogP contribution in [0.4, 0.5) is 5.95 Å². The van der Waals surface area contributed by atoms with Crippen LogP contribution in [0.1, 0.15) is 32.4 Å². The number of nitrogens with zero attached hydrogens (tertiary/aromatic N) is 3. The molecule has 2 aliphatic heterocycles. The summed E-state index contributed by atoms with van der Waals surface area (Å²) in [7, 11) is 0. The first kappa shape index (κ1) is 12.0. The molecule has 2 unspecified atom stereocenters. The maximum absolute atomic E-state index is 4.80. The van der Waals surface area contributed by atoms with E-state index in [-0.39, 0.29) is 0 Å². The lowest BCUT2D eigenvalue weighted by Crippen LogP contribution is -2.40. The van der Waals surface area contributed by atoms with Crippen LogP contribution in [0.25, 0.3) is 0 Å². The standard InChI is InChI=1S/C14H24N4/c1-3-12-9-17(4-2)14(16-12)18-8-11-6-5-7-15-13(11)10-18/h9,11,13,15H,3-8,10H2,1-2H3. The summed E-state index contributed by atoms with van der Waals surface area (Å²) >= 11 is 0. The van der Waals surface area contributed by atoms with Crippen molar-refractivity contribution in [1.29, 1.82) is 0 Å². The fraction of sp³-hybridized carbons (Fsp3) is 0.786. The van der Waals surface area contributed by atoms with Gasteiger partial charge >= 0.3 is 0 Å². The molecular formula is C14H24N4. The second-order valence-corrected chi connectivity index (χ2v) is 5.54. The maximum atomic E-state index is 4.80. The van der Waals surface area contributed by atoms with Crippen LogP contribution in [0.15, 0.2) is 6.20 Å². The highest BCUT2D eigenvalue weighted by atomic mass is 15.3. The molecule has 1 aromatic heterocycles. The third kappa shape index (κ3) is 2.03. The largest absolute Gasteiger partial charge is 0.340 e. The van der Waals surface area contributed by atoms with E-state index in [1.807, 2.05) is 0 Å². The van der Waals surface area contributed by atoms with Gasteiger partial charge in [-0.25, -0.2) is 4.98 Å². The van der Waals surface area contributed by atoms with E-state index in [1.165, 1.54) is 37.6 Å². The van der Waals surface area contributed by atoms with Crippen molar-refractivity contribution in [1.82, 2.24) is 14.9 Å². The molecule has 0 amide bonds. The van der Waals surface area contributed by atoms with E-state index in [4.69, 9.17) is 4.98 Å². The molecule has 18 heavy (non-hydrogen) atoms. The van der Waals surface area contributed by atoms with Crippen molar-refractivity contribution in [2.45, 2.75) is 45.7 Å². The van der Waals surface area contributed by atoms with E-state index in [1.54, 1.807) is 0 Å². The zero-order valence-electron chi connectivity index (χ0n) is 11.5. The Morgan fingerprint density at radius 2 is 2.28 bits per heavy atom. The molecule has 2 fully saturated rings. The third-order valence-electron chi connectivity index (χ3n) is 4.39. The second kappa shape index (κ2) is 4.92. The number of imidazole rings is 1. The van der Waals surface area contributed by atoms with Crippen LogP contribution >= 0.6 is 0 Å². The number of hydrogen-bond donors (Lipinski definition) is 1. The van der Waals surface area contributed by atoms with Crippen LogP contribution in [0.2, 0.25) is 0 Å². The maximum Gasteiger partial charge on any atom is 0.205 e. The van der Waals surface area contributed by atoms with Crippen molar-refractivity contribution in [3.05, 3.63) is 11.9 Å². The van der Waals surface area contributed by atoms with Crippen molar-refractivity contribution in [2.24, 2.45) is 5.92 Å². The first-order valence-corrected chi connectivity index (χ1v) is 7.36. The molecule has 0 aliphatic carbocycles. The van der Waals surface area contributed by atoms with E-state index >= 15 is 0 Å². The van der Waals surface area contributed by atoms with E-state index < -0.39 is 0 Å². The lowest BCUT2D eigenvalue weighted by Gasteiger charge is -2.24. The number of piperidine rings is 1. The number of aryl methyl sites for hydroxylation is 2. The first-order chi connectivity index (χ1) is 8.81. The van der Waals surface area contributed by atoms with Gasteiger partial charge in [0.05, 0.1) is 5.69 Å². The summed E-state index contributed by atoms with van der Waals surface area (Å²) in [6.45, 7) is 8.89. The lowest BCUT2D eigenvalue weighted by atomic mass is 9.94. The summed E-state index contributed by atoms with van der Waals surface area (Å²) in [5.41, 5.74) is 1.22. The Morgan fingerprint density at radius 3 is 3.00 bits per heavy atom. The highest BCUT2D eigenvalue weighted by Crippen LogP contribution is 2.28. The zero-order chi connectivity index (χ0) is 12.5. The van der Waals surface area contributed by atoms with Crippen molar-refractivity contribution in [2.75, 3.05) is 24.5 Å². The molecular weight excluding hydrogens is 224 g/mol. The summed E-state index contributed by atoms with van der Waals surface area (Å²) in [5.74, 6) is 2.01. The summed E-state index contributed by atoms with van der Waals surface area (Å²) < 4.78 is 2.30. The predicted octanol–water partition coefficient (Wildman–Crippen LogP) is 1.65. The van der Waals surface area contributed by atoms with E-state index in [0.29, 0.717) is 6.04 Å². The van der Waals surface area contributed by atoms with Gasteiger partial charge in [0.15, 0.2) is 0 Å². The topological polar surface area (TPSA) is 33.1 Å². The number of fused-ring (bicyclic) bond motifs is 1. The van der Waals surface area contributed by atoms with Crippen LogP contribution in [0.5, 0.6) is 0 Å². The van der Waals surface area contributed by atoms with Gasteiger partial charge in [-0.2, -0.15) is 0 Å². The van der Waals surface area contributed by atoms with Crippen molar-refractivity contribution >= 4 is 5.95 Å². The minimum atomic E-state index is 0.686. The molecule has 0 saturated carbocycles. The SMILES string of the molecule is CCc1cn(CC)c(N2CC3CCCNC3C2)n1. The van der Waals surface area contributed by atoms with Gasteiger partial charge < -0.3 is 14.8 Å². The summed E-state index contributed by atoms with van der Waals surface area (Å²) in [6, 6.07) is 0.686. The van der Waals surface area contributed by atoms with Crippen LogP contribution in [0.3, 0.4) is 0 Å². The summed E-state index contributed by atoms with van der Waals surface area (Å²) in [6.07, 6.45) is 5.95. The quantitative estimate of drug-likeness (QED) is 0.883. The smallest absolute Gasteiger partial charge is 0.205 e. The fourth-order valence-corrected chi connectivity index (χ4v) is 3.32. The molecule has 1 N–H and O–H groups in total. The number of nitrogens with one attached hydrogen (secondary N) is 1. The molecule has 1 aromatic rings. The Morgan fingerprint density at radius 1 is 1.39 bits per heavy atom. The average molecular weight is 248 g/mol. The number of hydrogen-bond acceptors (Lipinski definition) is 3. The van der Waals surface area contributed by atoms with E-state index in [0.717, 1.165) is 25.4 Å². The van der Waals surface area contributed by atoms with E-state index in [9.17, 15) is 0 Å². The number of aromatic nitrogens is 2. The predicted molar refractivity (Wildman–Crippen MR) is 74.0 cm³/mol. The molecule has 4 heteroatoms. The molecule has 2 saturated heterocycles. The Bertz CT molecular complexity index is 398. The zero-order valence-corrected chi connectivity index (χ0v) is 11.5. The minimum Gasteiger partial charge on any atom is -0.340 e. The molecule has 3 heterocycles. The Hall–Kier alpha value is -1.03. The molecule has 2 aliphatic rings. The van der Waals surface area contributed by atoms with Gasteiger partial charge in [0.2, 0.25) is 5.95 Å². The van der Waals surface area contributed by atoms with Crippen molar-refractivity contribution < 1.29 is 0 Å². The molecule has 0 radical (unpaired) electrons. The van der Waals surface area contributed by atoms with Crippen LogP contribution < -0.4 is 10.2 Å². The van der Waals surface area contributed by atoms with Gasteiger partial charge in [-0.15, -0.1) is 0 Å². The first-order valence-electron chi connectivity index (χ1n) is 7.36. The molecule has 4 nitrogen and oxygen atoms in total. The number of anilines is 1. The Labute approximate surface area is 109 Å². The van der Waals surface area contributed by atoms with Gasteiger partial charge in [0.1, 0.15) is 0 Å². The van der Waals surface area contributed by atoms with E-state index in [2.05, 4.69) is 34.8 Å². The molecule has 3 rings (SSSR count). The molecule has 100 valence electrons. The van der Waals surface area contributed by atoms with Crippen molar-refractivity contribution in [3.8, 4) is 0 Å². The number of rotatable bonds is 3. The van der Waals surface area contributed by atoms with Crippen molar-refractivity contribution in [3.63, 3.8) is 0 Å². The third-order valence-corrected chi connectivity index (χ3v) is 4.39. The summed E-state index contributed by atoms with van der Waals surface area (Å²) in [5, 5.41) is 3.66. The van der Waals surface area contributed by atoms with Gasteiger partial charge in [-0.3, -0.25) is 0 Å². The normalized spacial score (nSPS) is 27.6. The minimum absolute atomic E-state index is 0.686.